The second-order valence-corrected chi connectivity index (χ2v) is 9.92. The molecule has 0 bridgehead atoms. The van der Waals surface area contributed by atoms with Crippen LogP contribution in [0.5, 0.6) is 0 Å². The topological polar surface area (TPSA) is 169 Å². The Hall–Kier alpha value is -4.74. The fourth-order valence-corrected chi connectivity index (χ4v) is 4.84. The summed E-state index contributed by atoms with van der Waals surface area (Å²) < 4.78 is 9.79. The Labute approximate surface area is 236 Å². The fraction of sp³-hybridized carbons (Fsp3) is 0.379. The highest BCUT2D eigenvalue weighted by Gasteiger charge is 2.31. The monoisotopic (exact) mass is 563 g/mol. The summed E-state index contributed by atoms with van der Waals surface area (Å²) in [6.45, 7) is 1.75. The molecule has 0 aliphatic carbocycles. The van der Waals surface area contributed by atoms with Gasteiger partial charge in [0.1, 0.15) is 17.8 Å². The molecule has 1 saturated heterocycles. The van der Waals surface area contributed by atoms with Crippen LogP contribution in [0.4, 0.5) is 0 Å². The van der Waals surface area contributed by atoms with Crippen molar-refractivity contribution in [3.8, 4) is 0 Å². The zero-order chi connectivity index (χ0) is 29.4. The molecular weight excluding hydrogens is 530 g/mol. The predicted molar refractivity (Wildman–Crippen MR) is 147 cm³/mol. The van der Waals surface area contributed by atoms with Crippen molar-refractivity contribution in [1.82, 2.24) is 26.4 Å². The third kappa shape index (κ3) is 7.68. The SMILES string of the molecule is COC(=O)[C@H](C[C@@H]1CCCNC1=O)NC(=O)CNC(=O)[C@@H](Cc1cccc2ccccc12)NC(=O)c1cc(C)on1. The number of hydrogen-bond acceptors (Lipinski definition) is 8. The number of nitrogens with zero attached hydrogens (tertiary/aromatic N) is 1. The fourth-order valence-electron chi connectivity index (χ4n) is 4.84. The normalized spacial score (nSPS) is 16.2. The first-order valence-corrected chi connectivity index (χ1v) is 13.4. The zero-order valence-electron chi connectivity index (χ0n) is 22.9. The quantitative estimate of drug-likeness (QED) is 0.252. The van der Waals surface area contributed by atoms with Gasteiger partial charge in [0.05, 0.1) is 13.7 Å². The van der Waals surface area contributed by atoms with Crippen molar-refractivity contribution in [2.24, 2.45) is 5.92 Å². The van der Waals surface area contributed by atoms with Gasteiger partial charge in [-0.05, 0) is 42.5 Å². The summed E-state index contributed by atoms with van der Waals surface area (Å²) in [4.78, 5) is 63.4. The molecule has 41 heavy (non-hydrogen) atoms. The minimum atomic E-state index is -1.06. The molecule has 0 saturated carbocycles. The van der Waals surface area contributed by atoms with Gasteiger partial charge in [-0.2, -0.15) is 0 Å². The second kappa shape index (κ2) is 13.6. The van der Waals surface area contributed by atoms with Crippen molar-refractivity contribution >= 4 is 40.4 Å². The number of benzene rings is 2. The van der Waals surface area contributed by atoms with Crippen LogP contribution >= 0.6 is 0 Å². The third-order valence-electron chi connectivity index (χ3n) is 6.95. The molecule has 3 aromatic rings. The summed E-state index contributed by atoms with van der Waals surface area (Å²) >= 11 is 0. The van der Waals surface area contributed by atoms with Crippen LogP contribution in [0.25, 0.3) is 10.8 Å². The molecule has 2 heterocycles. The van der Waals surface area contributed by atoms with Crippen LogP contribution in [-0.2, 0) is 30.3 Å². The second-order valence-electron chi connectivity index (χ2n) is 9.92. The molecule has 1 aliphatic rings. The lowest BCUT2D eigenvalue weighted by atomic mass is 9.91. The lowest BCUT2D eigenvalue weighted by molar-refractivity contribution is -0.146. The summed E-state index contributed by atoms with van der Waals surface area (Å²) in [7, 11) is 1.20. The van der Waals surface area contributed by atoms with Gasteiger partial charge >= 0.3 is 5.97 Å². The van der Waals surface area contributed by atoms with E-state index in [-0.39, 0.29) is 24.4 Å². The maximum absolute atomic E-state index is 13.3. The number of hydrogen-bond donors (Lipinski definition) is 4. The highest BCUT2D eigenvalue weighted by molar-refractivity contribution is 5.97. The molecule has 0 spiro atoms. The van der Waals surface area contributed by atoms with Crippen LogP contribution in [0.2, 0.25) is 0 Å². The van der Waals surface area contributed by atoms with Gasteiger partial charge in [-0.15, -0.1) is 0 Å². The average molecular weight is 564 g/mol. The number of rotatable bonds is 11. The number of amides is 4. The predicted octanol–water partition coefficient (Wildman–Crippen LogP) is 1.17. The lowest BCUT2D eigenvalue weighted by Gasteiger charge is -2.25. The van der Waals surface area contributed by atoms with Gasteiger partial charge < -0.3 is 30.5 Å². The number of aryl methyl sites for hydroxylation is 1. The molecule has 0 radical (unpaired) electrons. The van der Waals surface area contributed by atoms with Crippen molar-refractivity contribution in [3.63, 3.8) is 0 Å². The van der Waals surface area contributed by atoms with E-state index in [0.717, 1.165) is 22.8 Å². The van der Waals surface area contributed by atoms with Crippen molar-refractivity contribution in [2.45, 2.75) is 44.7 Å². The van der Waals surface area contributed by atoms with Gasteiger partial charge in [0.15, 0.2) is 5.69 Å². The first-order valence-electron chi connectivity index (χ1n) is 13.4. The molecule has 1 fully saturated rings. The Morgan fingerprint density at radius 3 is 2.61 bits per heavy atom. The van der Waals surface area contributed by atoms with E-state index >= 15 is 0 Å². The maximum atomic E-state index is 13.3. The molecular formula is C29H33N5O7. The lowest BCUT2D eigenvalue weighted by Crippen LogP contribution is -2.52. The van der Waals surface area contributed by atoms with Crippen molar-refractivity contribution < 1.29 is 33.2 Å². The number of carbonyl (C=O) groups excluding carboxylic acids is 5. The highest BCUT2D eigenvalue weighted by Crippen LogP contribution is 2.20. The third-order valence-corrected chi connectivity index (χ3v) is 6.95. The number of nitrogens with one attached hydrogen (secondary N) is 4. The van der Waals surface area contributed by atoms with E-state index in [4.69, 9.17) is 9.26 Å². The summed E-state index contributed by atoms with van der Waals surface area (Å²) in [6, 6.07) is 12.7. The van der Waals surface area contributed by atoms with Crippen LogP contribution in [-0.4, -0.2) is 67.0 Å². The number of ether oxygens (including phenoxy) is 1. The van der Waals surface area contributed by atoms with Gasteiger partial charge in [0.25, 0.3) is 5.91 Å². The Balaban J connectivity index is 1.44. The molecule has 12 heteroatoms. The zero-order valence-corrected chi connectivity index (χ0v) is 22.9. The molecule has 0 unspecified atom stereocenters. The molecule has 12 nitrogen and oxygen atoms in total. The van der Waals surface area contributed by atoms with Gasteiger partial charge in [0.2, 0.25) is 17.7 Å². The maximum Gasteiger partial charge on any atom is 0.328 e. The van der Waals surface area contributed by atoms with Crippen LogP contribution < -0.4 is 21.3 Å². The Kier molecular flexibility index (Phi) is 9.67. The van der Waals surface area contributed by atoms with E-state index < -0.39 is 48.2 Å². The average Bonchev–Trinajstić information content (AvgIpc) is 3.42. The number of aromatic nitrogens is 1. The molecule has 2 aromatic carbocycles. The van der Waals surface area contributed by atoms with E-state index in [1.165, 1.54) is 13.2 Å². The first-order chi connectivity index (χ1) is 19.7. The molecule has 216 valence electrons. The minimum absolute atomic E-state index is 0.0173. The number of fused-ring (bicyclic) bond motifs is 1. The number of piperidine rings is 1. The Bertz CT molecular complexity index is 1430. The van der Waals surface area contributed by atoms with Crippen LogP contribution in [0, 0.1) is 12.8 Å². The van der Waals surface area contributed by atoms with Gasteiger partial charge in [0, 0.05) is 24.9 Å². The van der Waals surface area contributed by atoms with Gasteiger partial charge in [-0.3, -0.25) is 19.2 Å². The van der Waals surface area contributed by atoms with Gasteiger partial charge in [-0.1, -0.05) is 47.6 Å². The Morgan fingerprint density at radius 1 is 1.10 bits per heavy atom. The van der Waals surface area contributed by atoms with Gasteiger partial charge in [-0.25, -0.2) is 4.79 Å². The standard InChI is InChI=1S/C29H33N5O7/c1-17-13-23(34-41-17)28(38)33-22(14-19-9-5-8-18-7-3-4-11-21(18)19)27(37)31-16-25(35)32-24(29(39)40-2)15-20-10-6-12-30-26(20)36/h3-5,7-9,11,13,20,22,24H,6,10,12,14-16H2,1-2H3,(H,30,36)(H,31,37)(H,32,35)(H,33,38)/t20-,22+,24-/m0/s1. The molecule has 1 aliphatic heterocycles. The summed E-state index contributed by atoms with van der Waals surface area (Å²) in [5.41, 5.74) is 0.837. The molecule has 4 amide bonds. The molecule has 4 rings (SSSR count). The smallest absolute Gasteiger partial charge is 0.328 e. The van der Waals surface area contributed by atoms with Crippen molar-refractivity contribution in [2.75, 3.05) is 20.2 Å². The number of esters is 1. The van der Waals surface area contributed by atoms with Crippen LogP contribution in [0.1, 0.15) is 41.1 Å². The largest absolute Gasteiger partial charge is 0.467 e. The first kappa shape index (κ1) is 29.2. The van der Waals surface area contributed by atoms with Crippen LogP contribution in [0.15, 0.2) is 53.1 Å². The van der Waals surface area contributed by atoms with E-state index in [1.807, 2.05) is 42.5 Å². The van der Waals surface area contributed by atoms with Crippen molar-refractivity contribution in [3.05, 3.63) is 65.5 Å². The number of carbonyl (C=O) groups is 5. The molecule has 1 aromatic heterocycles. The van der Waals surface area contributed by atoms with Crippen molar-refractivity contribution in [1.29, 1.82) is 0 Å². The minimum Gasteiger partial charge on any atom is -0.467 e. The van der Waals surface area contributed by atoms with E-state index in [0.29, 0.717) is 18.7 Å². The summed E-state index contributed by atoms with van der Waals surface area (Å²) in [5.74, 6) is -2.73. The Morgan fingerprint density at radius 2 is 1.88 bits per heavy atom. The molecule has 4 N–H and O–H groups in total. The van der Waals surface area contributed by atoms with E-state index in [9.17, 15) is 24.0 Å². The molecule has 3 atom stereocenters. The summed E-state index contributed by atoms with van der Waals surface area (Å²) in [6.07, 6.45) is 1.58. The number of methoxy groups -OCH3 is 1. The van der Waals surface area contributed by atoms with E-state index in [2.05, 4.69) is 26.4 Å². The summed E-state index contributed by atoms with van der Waals surface area (Å²) in [5, 5.41) is 16.2. The van der Waals surface area contributed by atoms with Crippen LogP contribution in [0.3, 0.4) is 0 Å². The highest BCUT2D eigenvalue weighted by atomic mass is 16.5. The van der Waals surface area contributed by atoms with E-state index in [1.54, 1.807) is 6.92 Å².